The molecule has 150 valence electrons. The van der Waals surface area contributed by atoms with Crippen LogP contribution >= 0.6 is 0 Å². The fraction of sp³-hybridized carbons (Fsp3) is 0.524. The molecule has 1 saturated carbocycles. The molecule has 4 rings (SSSR count). The minimum Gasteiger partial charge on any atom is -0.491 e. The highest BCUT2D eigenvalue weighted by Crippen LogP contribution is 2.46. The van der Waals surface area contributed by atoms with E-state index in [1.807, 2.05) is 25.1 Å². The standard InChI is InChI=1S/C21H26FN3O3/c1-13-9-17(25-24-13)19-21(2,12-28-19)11-23-20(26)15-5-6-16(14-3-4-14)18(10-15)27-8-7-22/h5-6,9-10,14,19H,3-4,7-8,11-12H2,1-2H3,(H,23,26)(H,24,25). The van der Waals surface area contributed by atoms with E-state index in [1.54, 1.807) is 6.07 Å². The first kappa shape index (κ1) is 18.9. The fourth-order valence-corrected chi connectivity index (χ4v) is 3.68. The van der Waals surface area contributed by atoms with Crippen LogP contribution in [0.5, 0.6) is 5.75 Å². The number of alkyl halides is 1. The van der Waals surface area contributed by atoms with Crippen LogP contribution in [-0.4, -0.2) is 42.5 Å². The Morgan fingerprint density at radius 1 is 1.43 bits per heavy atom. The van der Waals surface area contributed by atoms with Crippen molar-refractivity contribution in [1.29, 1.82) is 0 Å². The molecule has 0 spiro atoms. The van der Waals surface area contributed by atoms with Gasteiger partial charge in [0, 0.05) is 23.2 Å². The van der Waals surface area contributed by atoms with Crippen LogP contribution in [-0.2, 0) is 4.74 Å². The third-order valence-corrected chi connectivity index (χ3v) is 5.49. The van der Waals surface area contributed by atoms with E-state index in [2.05, 4.69) is 22.4 Å². The quantitative estimate of drug-likeness (QED) is 0.727. The number of aromatic amines is 1. The van der Waals surface area contributed by atoms with Gasteiger partial charge in [-0.05, 0) is 49.4 Å². The molecule has 2 fully saturated rings. The van der Waals surface area contributed by atoms with Crippen molar-refractivity contribution in [2.24, 2.45) is 5.41 Å². The Bertz CT molecular complexity index is 864. The van der Waals surface area contributed by atoms with E-state index in [0.717, 1.165) is 29.8 Å². The molecule has 2 N–H and O–H groups in total. The summed E-state index contributed by atoms with van der Waals surface area (Å²) in [4.78, 5) is 12.7. The SMILES string of the molecule is Cc1cc(C2OCC2(C)CNC(=O)c2ccc(C3CC3)c(OCCF)c2)n[nH]1. The summed E-state index contributed by atoms with van der Waals surface area (Å²) in [5, 5.41) is 10.2. The smallest absolute Gasteiger partial charge is 0.251 e. The molecule has 28 heavy (non-hydrogen) atoms. The summed E-state index contributed by atoms with van der Waals surface area (Å²) < 4.78 is 23.8. The molecule has 2 unspecified atom stereocenters. The minimum atomic E-state index is -0.549. The lowest BCUT2D eigenvalue weighted by Gasteiger charge is -2.45. The van der Waals surface area contributed by atoms with Crippen LogP contribution < -0.4 is 10.1 Å². The lowest BCUT2D eigenvalue weighted by Crippen LogP contribution is -2.51. The molecular formula is C21H26FN3O3. The van der Waals surface area contributed by atoms with Crippen LogP contribution in [0.15, 0.2) is 24.3 Å². The molecule has 2 atom stereocenters. The van der Waals surface area contributed by atoms with Gasteiger partial charge in [-0.1, -0.05) is 13.0 Å². The number of H-pyrrole nitrogens is 1. The first-order valence-electron chi connectivity index (χ1n) is 9.74. The van der Waals surface area contributed by atoms with Crippen LogP contribution in [0.1, 0.15) is 59.1 Å². The zero-order valence-electron chi connectivity index (χ0n) is 16.3. The number of nitrogens with one attached hydrogen (secondary N) is 2. The zero-order chi connectivity index (χ0) is 19.7. The van der Waals surface area contributed by atoms with E-state index in [-0.39, 0.29) is 24.0 Å². The highest BCUT2D eigenvalue weighted by atomic mass is 19.1. The summed E-state index contributed by atoms with van der Waals surface area (Å²) in [5.41, 5.74) is 3.22. The van der Waals surface area contributed by atoms with Gasteiger partial charge in [-0.3, -0.25) is 9.89 Å². The maximum absolute atomic E-state index is 12.7. The molecule has 2 heterocycles. The second-order valence-electron chi connectivity index (χ2n) is 8.07. The van der Waals surface area contributed by atoms with Gasteiger partial charge in [-0.15, -0.1) is 0 Å². The molecule has 0 bridgehead atoms. The fourth-order valence-electron chi connectivity index (χ4n) is 3.68. The van der Waals surface area contributed by atoms with Gasteiger partial charge in [-0.25, -0.2) is 4.39 Å². The van der Waals surface area contributed by atoms with Crippen molar-refractivity contribution >= 4 is 5.91 Å². The number of carbonyl (C=O) groups is 1. The Kier molecular flexibility index (Phi) is 5.10. The van der Waals surface area contributed by atoms with Crippen LogP contribution in [0, 0.1) is 12.3 Å². The molecule has 2 aliphatic rings. The van der Waals surface area contributed by atoms with E-state index in [4.69, 9.17) is 9.47 Å². The Labute approximate surface area is 163 Å². The van der Waals surface area contributed by atoms with Crippen molar-refractivity contribution in [2.75, 3.05) is 26.4 Å². The number of rotatable bonds is 8. The Morgan fingerprint density at radius 2 is 2.25 bits per heavy atom. The van der Waals surface area contributed by atoms with Crippen molar-refractivity contribution in [1.82, 2.24) is 15.5 Å². The summed E-state index contributed by atoms with van der Waals surface area (Å²) in [6, 6.07) is 7.45. The molecule has 0 radical (unpaired) electrons. The van der Waals surface area contributed by atoms with E-state index in [9.17, 15) is 9.18 Å². The van der Waals surface area contributed by atoms with Crippen molar-refractivity contribution < 1.29 is 18.7 Å². The lowest BCUT2D eigenvalue weighted by atomic mass is 9.78. The van der Waals surface area contributed by atoms with Crippen molar-refractivity contribution in [2.45, 2.75) is 38.7 Å². The van der Waals surface area contributed by atoms with Gasteiger partial charge in [0.2, 0.25) is 0 Å². The van der Waals surface area contributed by atoms with Crippen LogP contribution in [0.25, 0.3) is 0 Å². The van der Waals surface area contributed by atoms with Gasteiger partial charge in [-0.2, -0.15) is 5.10 Å². The molecule has 1 saturated heterocycles. The lowest BCUT2D eigenvalue weighted by molar-refractivity contribution is -0.180. The van der Waals surface area contributed by atoms with Crippen molar-refractivity contribution in [3.05, 3.63) is 46.8 Å². The summed E-state index contributed by atoms with van der Waals surface area (Å²) in [6.45, 7) is 4.53. The van der Waals surface area contributed by atoms with Gasteiger partial charge in [0.25, 0.3) is 5.91 Å². The van der Waals surface area contributed by atoms with E-state index < -0.39 is 6.67 Å². The van der Waals surface area contributed by atoms with Gasteiger partial charge in [0.05, 0.1) is 12.3 Å². The van der Waals surface area contributed by atoms with E-state index in [1.165, 1.54) is 0 Å². The number of aromatic nitrogens is 2. The largest absolute Gasteiger partial charge is 0.491 e. The van der Waals surface area contributed by atoms with Gasteiger partial charge in [0.15, 0.2) is 0 Å². The number of ether oxygens (including phenoxy) is 2. The van der Waals surface area contributed by atoms with Crippen LogP contribution in [0.2, 0.25) is 0 Å². The first-order valence-corrected chi connectivity index (χ1v) is 9.74. The predicted octanol–water partition coefficient (Wildman–Crippen LogP) is 3.45. The van der Waals surface area contributed by atoms with E-state index >= 15 is 0 Å². The van der Waals surface area contributed by atoms with Gasteiger partial charge in [0.1, 0.15) is 25.1 Å². The maximum atomic E-state index is 12.7. The number of amides is 1. The Hall–Kier alpha value is -2.41. The van der Waals surface area contributed by atoms with Crippen LogP contribution in [0.3, 0.4) is 0 Å². The number of hydrogen-bond donors (Lipinski definition) is 2. The first-order chi connectivity index (χ1) is 13.5. The van der Waals surface area contributed by atoms with E-state index in [0.29, 0.717) is 30.4 Å². The molecule has 1 aliphatic heterocycles. The number of benzene rings is 1. The van der Waals surface area contributed by atoms with Crippen LogP contribution in [0.4, 0.5) is 4.39 Å². The number of hydrogen-bond acceptors (Lipinski definition) is 4. The molecule has 1 aromatic carbocycles. The number of halogens is 1. The van der Waals surface area contributed by atoms with Crippen molar-refractivity contribution in [3.63, 3.8) is 0 Å². The highest BCUT2D eigenvalue weighted by molar-refractivity contribution is 5.94. The Balaban J connectivity index is 1.42. The minimum absolute atomic E-state index is 0.00492. The number of nitrogens with zero attached hydrogens (tertiary/aromatic N) is 1. The summed E-state index contributed by atoms with van der Waals surface area (Å²) in [7, 11) is 0. The average molecular weight is 387 g/mol. The maximum Gasteiger partial charge on any atom is 0.251 e. The molecule has 1 aromatic heterocycles. The second-order valence-corrected chi connectivity index (χ2v) is 8.07. The molecular weight excluding hydrogens is 361 g/mol. The molecule has 1 aliphatic carbocycles. The molecule has 2 aromatic rings. The number of carbonyl (C=O) groups excluding carboxylic acids is 1. The third kappa shape index (κ3) is 3.76. The van der Waals surface area contributed by atoms with Gasteiger partial charge < -0.3 is 14.8 Å². The normalized spacial score (nSPS) is 23.9. The third-order valence-electron chi connectivity index (χ3n) is 5.49. The average Bonchev–Trinajstić information content (AvgIpc) is 3.45. The number of aryl methyl sites for hydroxylation is 1. The van der Waals surface area contributed by atoms with Gasteiger partial charge >= 0.3 is 0 Å². The Morgan fingerprint density at radius 3 is 2.86 bits per heavy atom. The summed E-state index contributed by atoms with van der Waals surface area (Å²) in [5.74, 6) is 0.921. The molecule has 7 heteroatoms. The summed E-state index contributed by atoms with van der Waals surface area (Å²) >= 11 is 0. The topological polar surface area (TPSA) is 76.2 Å². The zero-order valence-corrected chi connectivity index (χ0v) is 16.3. The summed E-state index contributed by atoms with van der Waals surface area (Å²) in [6.07, 6.45) is 2.09. The predicted molar refractivity (Wildman–Crippen MR) is 102 cm³/mol. The molecule has 1 amide bonds. The second kappa shape index (κ2) is 7.54. The highest BCUT2D eigenvalue weighted by Gasteiger charge is 2.46. The monoisotopic (exact) mass is 387 g/mol. The molecule has 6 nitrogen and oxygen atoms in total. The van der Waals surface area contributed by atoms with Crippen molar-refractivity contribution in [3.8, 4) is 5.75 Å².